The third-order valence-electron chi connectivity index (χ3n) is 3.20. The molecule has 0 aliphatic heterocycles. The van der Waals surface area contributed by atoms with Crippen molar-refractivity contribution in [3.63, 3.8) is 0 Å². The lowest BCUT2D eigenvalue weighted by Crippen LogP contribution is -2.02. The van der Waals surface area contributed by atoms with E-state index in [1.807, 2.05) is 43.3 Å². The van der Waals surface area contributed by atoms with Crippen LogP contribution in [-0.4, -0.2) is 6.17 Å². The number of halogens is 1. The lowest BCUT2D eigenvalue weighted by atomic mass is 10.0. The van der Waals surface area contributed by atoms with Gasteiger partial charge in [0.15, 0.2) is 0 Å². The third-order valence-corrected chi connectivity index (χ3v) is 3.20. The minimum absolute atomic E-state index is 0.476. The van der Waals surface area contributed by atoms with Crippen molar-refractivity contribution in [2.24, 2.45) is 0 Å². The third kappa shape index (κ3) is 3.42. The Bertz CT molecular complexity index is 564. The molecule has 1 atom stereocenters. The molecule has 1 nitrogen and oxygen atoms in total. The van der Waals surface area contributed by atoms with Crippen molar-refractivity contribution >= 4 is 0 Å². The van der Waals surface area contributed by atoms with Crippen LogP contribution < -0.4 is 0 Å². The van der Waals surface area contributed by atoms with Crippen molar-refractivity contribution in [1.82, 2.24) is 0 Å². The standard InChI is InChI=1S/C17H16FN/c1-2-17(18)11-13-3-7-15(8-4-13)16-9-5-14(12-19)6-10-16/h3-10,17H,2,11H2,1H3. The second kappa shape index (κ2) is 6.15. The first kappa shape index (κ1) is 13.3. The van der Waals surface area contributed by atoms with Crippen molar-refractivity contribution in [2.45, 2.75) is 25.9 Å². The predicted octanol–water partition coefficient (Wildman–Crippen LogP) is 4.52. The molecule has 2 aromatic carbocycles. The first-order valence-electron chi connectivity index (χ1n) is 6.46. The van der Waals surface area contributed by atoms with E-state index in [1.54, 1.807) is 12.1 Å². The lowest BCUT2D eigenvalue weighted by molar-refractivity contribution is 0.323. The summed E-state index contributed by atoms with van der Waals surface area (Å²) in [6.45, 7) is 1.86. The van der Waals surface area contributed by atoms with Crippen molar-refractivity contribution in [3.05, 3.63) is 59.7 Å². The summed E-state index contributed by atoms with van der Waals surface area (Å²) in [5, 5.41) is 8.76. The van der Waals surface area contributed by atoms with E-state index < -0.39 is 6.17 Å². The van der Waals surface area contributed by atoms with E-state index in [0.29, 0.717) is 18.4 Å². The van der Waals surface area contributed by atoms with E-state index in [1.165, 1.54) is 0 Å². The molecular weight excluding hydrogens is 237 g/mol. The van der Waals surface area contributed by atoms with Crippen LogP contribution in [0.2, 0.25) is 0 Å². The van der Waals surface area contributed by atoms with Crippen LogP contribution in [-0.2, 0) is 6.42 Å². The summed E-state index contributed by atoms with van der Waals surface area (Å²) >= 11 is 0. The van der Waals surface area contributed by atoms with Crippen LogP contribution in [0.3, 0.4) is 0 Å². The van der Waals surface area contributed by atoms with Crippen molar-refractivity contribution < 1.29 is 4.39 Å². The van der Waals surface area contributed by atoms with Crippen LogP contribution in [0, 0.1) is 11.3 Å². The fraction of sp³-hybridized carbons (Fsp3) is 0.235. The Balaban J connectivity index is 2.15. The monoisotopic (exact) mass is 253 g/mol. The zero-order valence-electron chi connectivity index (χ0n) is 10.9. The highest BCUT2D eigenvalue weighted by Crippen LogP contribution is 2.21. The molecule has 0 aliphatic rings. The molecule has 0 bridgehead atoms. The maximum absolute atomic E-state index is 13.3. The van der Waals surface area contributed by atoms with Crippen molar-refractivity contribution in [1.29, 1.82) is 5.26 Å². The fourth-order valence-corrected chi connectivity index (χ4v) is 1.97. The van der Waals surface area contributed by atoms with Crippen LogP contribution in [0.4, 0.5) is 4.39 Å². The van der Waals surface area contributed by atoms with E-state index in [2.05, 4.69) is 6.07 Å². The molecule has 19 heavy (non-hydrogen) atoms. The van der Waals surface area contributed by atoms with Gasteiger partial charge in [-0.1, -0.05) is 43.3 Å². The summed E-state index contributed by atoms with van der Waals surface area (Å²) in [5.74, 6) is 0. The number of rotatable bonds is 4. The molecule has 0 fully saturated rings. The number of nitriles is 1. The normalized spacial score (nSPS) is 11.8. The zero-order valence-corrected chi connectivity index (χ0v) is 10.9. The molecule has 1 unspecified atom stereocenters. The maximum Gasteiger partial charge on any atom is 0.104 e. The molecule has 0 saturated carbocycles. The quantitative estimate of drug-likeness (QED) is 0.786. The minimum atomic E-state index is -0.763. The number of benzene rings is 2. The summed E-state index contributed by atoms with van der Waals surface area (Å²) in [7, 11) is 0. The highest BCUT2D eigenvalue weighted by atomic mass is 19.1. The summed E-state index contributed by atoms with van der Waals surface area (Å²) in [6.07, 6.45) is 0.266. The molecule has 0 heterocycles. The topological polar surface area (TPSA) is 23.8 Å². The summed E-state index contributed by atoms with van der Waals surface area (Å²) in [5.41, 5.74) is 3.83. The molecule has 0 saturated heterocycles. The minimum Gasteiger partial charge on any atom is -0.247 e. The number of hydrogen-bond acceptors (Lipinski definition) is 1. The van der Waals surface area contributed by atoms with E-state index in [-0.39, 0.29) is 0 Å². The Morgan fingerprint density at radius 2 is 1.53 bits per heavy atom. The summed E-state index contributed by atoms with van der Waals surface area (Å²) < 4.78 is 13.3. The molecule has 0 spiro atoms. The number of hydrogen-bond donors (Lipinski definition) is 0. The van der Waals surface area contributed by atoms with Crippen LogP contribution in [0.5, 0.6) is 0 Å². The Morgan fingerprint density at radius 1 is 1.00 bits per heavy atom. The lowest BCUT2D eigenvalue weighted by Gasteiger charge is -2.07. The van der Waals surface area contributed by atoms with E-state index in [9.17, 15) is 4.39 Å². The van der Waals surface area contributed by atoms with Gasteiger partial charge in [0.2, 0.25) is 0 Å². The SMILES string of the molecule is CCC(F)Cc1ccc(-c2ccc(C#N)cc2)cc1. The van der Waals surface area contributed by atoms with Crippen LogP contribution >= 0.6 is 0 Å². The van der Waals surface area contributed by atoms with Gasteiger partial charge in [0.1, 0.15) is 6.17 Å². The zero-order chi connectivity index (χ0) is 13.7. The molecular formula is C17H16FN. The maximum atomic E-state index is 13.3. The van der Waals surface area contributed by atoms with Gasteiger partial charge in [0.05, 0.1) is 11.6 Å². The molecule has 0 radical (unpaired) electrons. The van der Waals surface area contributed by atoms with Gasteiger partial charge >= 0.3 is 0 Å². The Labute approximate surface area is 113 Å². The summed E-state index contributed by atoms with van der Waals surface area (Å²) in [6, 6.07) is 17.5. The fourth-order valence-electron chi connectivity index (χ4n) is 1.97. The second-order valence-electron chi connectivity index (χ2n) is 4.60. The molecule has 0 aromatic heterocycles. The molecule has 0 amide bonds. The van der Waals surface area contributed by atoms with E-state index in [4.69, 9.17) is 5.26 Å². The van der Waals surface area contributed by atoms with E-state index >= 15 is 0 Å². The molecule has 2 rings (SSSR count). The number of alkyl halides is 1. The predicted molar refractivity (Wildman–Crippen MR) is 75.5 cm³/mol. The van der Waals surface area contributed by atoms with Crippen LogP contribution in [0.15, 0.2) is 48.5 Å². The molecule has 0 aliphatic carbocycles. The van der Waals surface area contributed by atoms with Gasteiger partial charge in [-0.05, 0) is 35.2 Å². The first-order valence-corrected chi connectivity index (χ1v) is 6.46. The van der Waals surface area contributed by atoms with Gasteiger partial charge in [0, 0.05) is 6.42 Å². The largest absolute Gasteiger partial charge is 0.247 e. The van der Waals surface area contributed by atoms with Gasteiger partial charge in [-0.2, -0.15) is 5.26 Å². The van der Waals surface area contributed by atoms with E-state index in [0.717, 1.165) is 16.7 Å². The van der Waals surface area contributed by atoms with Gasteiger partial charge in [0.25, 0.3) is 0 Å². The highest BCUT2D eigenvalue weighted by molar-refractivity contribution is 5.64. The Morgan fingerprint density at radius 3 is 2.00 bits per heavy atom. The van der Waals surface area contributed by atoms with Gasteiger partial charge in [-0.15, -0.1) is 0 Å². The average Bonchev–Trinajstić information content (AvgIpc) is 2.48. The van der Waals surface area contributed by atoms with Crippen LogP contribution in [0.25, 0.3) is 11.1 Å². The van der Waals surface area contributed by atoms with Gasteiger partial charge < -0.3 is 0 Å². The van der Waals surface area contributed by atoms with Gasteiger partial charge in [-0.3, -0.25) is 0 Å². The average molecular weight is 253 g/mol. The molecule has 2 heteroatoms. The van der Waals surface area contributed by atoms with Crippen molar-refractivity contribution in [2.75, 3.05) is 0 Å². The van der Waals surface area contributed by atoms with Crippen LogP contribution in [0.1, 0.15) is 24.5 Å². The summed E-state index contributed by atoms with van der Waals surface area (Å²) in [4.78, 5) is 0. The molecule has 96 valence electrons. The van der Waals surface area contributed by atoms with Crippen molar-refractivity contribution in [3.8, 4) is 17.2 Å². The smallest absolute Gasteiger partial charge is 0.104 e. The first-order chi connectivity index (χ1) is 9.22. The molecule has 2 aromatic rings. The Hall–Kier alpha value is -2.14. The second-order valence-corrected chi connectivity index (χ2v) is 4.60. The number of nitrogens with zero attached hydrogens (tertiary/aromatic N) is 1. The van der Waals surface area contributed by atoms with Gasteiger partial charge in [-0.25, -0.2) is 4.39 Å². The molecule has 0 N–H and O–H groups in total. The Kier molecular flexibility index (Phi) is 4.30. The highest BCUT2D eigenvalue weighted by Gasteiger charge is 2.05.